The molecule has 1 heterocycles. The molecule has 3 nitrogen and oxygen atoms in total. The number of nitrogens with zero attached hydrogens (tertiary/aromatic N) is 2. The van der Waals surface area contributed by atoms with Gasteiger partial charge in [-0.15, -0.1) is 11.3 Å². The number of hydrogen-bond acceptors (Lipinski definition) is 2. The van der Waals surface area contributed by atoms with Crippen molar-refractivity contribution in [2.45, 2.75) is 4.84 Å². The maximum absolute atomic E-state index is 10.9. The molecule has 0 atom stereocenters. The third kappa shape index (κ3) is 2.33. The summed E-state index contributed by atoms with van der Waals surface area (Å²) in [5.41, 5.74) is 0. The molecule has 66 valence electrons. The van der Waals surface area contributed by atoms with E-state index in [0.717, 1.165) is 0 Å². The number of alkyl halides is 2. The van der Waals surface area contributed by atoms with E-state index in [1.54, 1.807) is 17.8 Å². The number of aromatic nitrogens is 1. The molecule has 1 aromatic heterocycles. The molecule has 0 saturated heterocycles. The number of thiazole rings is 1. The van der Waals surface area contributed by atoms with Gasteiger partial charge in [-0.3, -0.25) is 4.79 Å². The summed E-state index contributed by atoms with van der Waals surface area (Å²) in [7, 11) is 1.79. The smallest absolute Gasteiger partial charge is 0.281 e. The fourth-order valence-corrected chi connectivity index (χ4v) is 1.41. The molecule has 0 spiro atoms. The van der Waals surface area contributed by atoms with Crippen molar-refractivity contribution in [3.8, 4) is 0 Å². The van der Waals surface area contributed by atoms with Crippen LogP contribution in [0.15, 0.2) is 16.6 Å². The van der Waals surface area contributed by atoms with Crippen molar-refractivity contribution < 1.29 is 4.79 Å². The van der Waals surface area contributed by atoms with Gasteiger partial charge in [0.25, 0.3) is 5.91 Å². The second kappa shape index (κ2) is 4.07. The lowest BCUT2D eigenvalue weighted by atomic mass is 10.7. The first-order chi connectivity index (χ1) is 5.61. The van der Waals surface area contributed by atoms with Crippen LogP contribution in [0.2, 0.25) is 0 Å². The van der Waals surface area contributed by atoms with Crippen molar-refractivity contribution in [2.24, 2.45) is 12.0 Å². The molecular weight excluding hydrogens is 219 g/mol. The standard InChI is InChI=1S/C6H6Cl2N2OS/c1-10-2-3-12-6(10)9-5(11)4(7)8/h2-4H,1H3/b9-6+. The summed E-state index contributed by atoms with van der Waals surface area (Å²) in [6, 6.07) is 0. The molecule has 0 aliphatic rings. The van der Waals surface area contributed by atoms with Crippen LogP contribution < -0.4 is 4.80 Å². The van der Waals surface area contributed by atoms with Gasteiger partial charge in [-0.2, -0.15) is 4.99 Å². The molecule has 0 unspecified atom stereocenters. The van der Waals surface area contributed by atoms with E-state index in [-0.39, 0.29) is 0 Å². The number of carbonyl (C=O) groups is 1. The molecule has 0 radical (unpaired) electrons. The van der Waals surface area contributed by atoms with Gasteiger partial charge in [-0.05, 0) is 0 Å². The molecule has 1 aromatic rings. The Morgan fingerprint density at radius 2 is 2.42 bits per heavy atom. The summed E-state index contributed by atoms with van der Waals surface area (Å²) >= 11 is 12.0. The minimum absolute atomic E-state index is 0.531. The second-order valence-electron chi connectivity index (χ2n) is 2.05. The highest BCUT2D eigenvalue weighted by molar-refractivity contribution is 7.07. The van der Waals surface area contributed by atoms with Gasteiger partial charge in [0.1, 0.15) is 0 Å². The first-order valence-electron chi connectivity index (χ1n) is 3.08. The number of aryl methyl sites for hydroxylation is 1. The van der Waals surface area contributed by atoms with Crippen LogP contribution in [0.3, 0.4) is 0 Å². The minimum Gasteiger partial charge on any atom is -0.327 e. The van der Waals surface area contributed by atoms with Crippen LogP contribution in [0, 0.1) is 0 Å². The highest BCUT2D eigenvalue weighted by Crippen LogP contribution is 2.02. The van der Waals surface area contributed by atoms with Crippen molar-refractivity contribution in [3.05, 3.63) is 16.4 Å². The number of rotatable bonds is 1. The molecule has 0 aromatic carbocycles. The summed E-state index contributed by atoms with van der Waals surface area (Å²) in [5, 5.41) is 1.82. The largest absolute Gasteiger partial charge is 0.327 e. The van der Waals surface area contributed by atoms with E-state index < -0.39 is 10.7 Å². The fourth-order valence-electron chi connectivity index (χ4n) is 0.578. The van der Waals surface area contributed by atoms with Crippen LogP contribution in [0.5, 0.6) is 0 Å². The molecule has 0 aliphatic heterocycles. The molecule has 12 heavy (non-hydrogen) atoms. The van der Waals surface area contributed by atoms with Crippen LogP contribution in [0.4, 0.5) is 0 Å². The first kappa shape index (κ1) is 9.77. The highest BCUT2D eigenvalue weighted by Gasteiger charge is 2.09. The lowest BCUT2D eigenvalue weighted by Gasteiger charge is -1.91. The van der Waals surface area contributed by atoms with E-state index >= 15 is 0 Å². The molecule has 0 fully saturated rings. The molecular formula is C6H6Cl2N2OS. The maximum Gasteiger partial charge on any atom is 0.281 e. The van der Waals surface area contributed by atoms with Gasteiger partial charge in [0, 0.05) is 18.6 Å². The summed E-state index contributed by atoms with van der Waals surface area (Å²) in [6.45, 7) is 0. The number of halogens is 2. The van der Waals surface area contributed by atoms with E-state index in [4.69, 9.17) is 23.2 Å². The van der Waals surface area contributed by atoms with Crippen molar-refractivity contribution in [2.75, 3.05) is 0 Å². The first-order valence-corrected chi connectivity index (χ1v) is 4.83. The third-order valence-electron chi connectivity index (χ3n) is 1.15. The summed E-state index contributed by atoms with van der Waals surface area (Å²) in [6.07, 6.45) is 1.80. The molecule has 6 heteroatoms. The van der Waals surface area contributed by atoms with Gasteiger partial charge in [-0.25, -0.2) is 0 Å². The third-order valence-corrected chi connectivity index (χ3v) is 2.37. The van der Waals surface area contributed by atoms with E-state index in [0.29, 0.717) is 4.80 Å². The maximum atomic E-state index is 10.9. The van der Waals surface area contributed by atoms with E-state index in [1.807, 2.05) is 5.38 Å². The van der Waals surface area contributed by atoms with Crippen molar-refractivity contribution in [1.29, 1.82) is 0 Å². The average molecular weight is 225 g/mol. The Labute approximate surface area is 83.3 Å². The molecule has 1 rings (SSSR count). The van der Waals surface area contributed by atoms with Crippen LogP contribution in [-0.2, 0) is 11.8 Å². The summed E-state index contributed by atoms with van der Waals surface area (Å²) < 4.78 is 1.72. The van der Waals surface area contributed by atoms with Gasteiger partial charge in [-0.1, -0.05) is 23.2 Å². The van der Waals surface area contributed by atoms with Gasteiger partial charge in [0.05, 0.1) is 0 Å². The predicted molar refractivity (Wildman–Crippen MR) is 49.4 cm³/mol. The molecule has 0 N–H and O–H groups in total. The molecule has 0 saturated carbocycles. The van der Waals surface area contributed by atoms with Gasteiger partial charge < -0.3 is 4.57 Å². The van der Waals surface area contributed by atoms with Crippen molar-refractivity contribution >= 4 is 40.4 Å². The highest BCUT2D eigenvalue weighted by atomic mass is 35.5. The normalized spacial score (nSPS) is 12.5. The molecule has 0 aliphatic carbocycles. The fraction of sp³-hybridized carbons (Fsp3) is 0.333. The topological polar surface area (TPSA) is 34.4 Å². The second-order valence-corrected chi connectivity index (χ2v) is 4.02. The van der Waals surface area contributed by atoms with Crippen LogP contribution in [0.1, 0.15) is 0 Å². The average Bonchev–Trinajstić information content (AvgIpc) is 2.36. The lowest BCUT2D eigenvalue weighted by Crippen LogP contribution is -2.15. The summed E-state index contributed by atoms with van der Waals surface area (Å²) in [4.78, 5) is 14.1. The zero-order valence-corrected chi connectivity index (χ0v) is 8.53. The Bertz CT molecular complexity index is 341. The van der Waals surface area contributed by atoms with E-state index in [1.165, 1.54) is 11.3 Å². The number of carbonyl (C=O) groups excluding carboxylic acids is 1. The Morgan fingerprint density at radius 1 is 1.75 bits per heavy atom. The SMILES string of the molecule is Cn1ccs/c1=N/C(=O)C(Cl)Cl. The van der Waals surface area contributed by atoms with Crippen LogP contribution in [-0.4, -0.2) is 15.3 Å². The van der Waals surface area contributed by atoms with Gasteiger partial charge in [0.2, 0.25) is 0 Å². The zero-order valence-electron chi connectivity index (χ0n) is 6.20. The summed E-state index contributed by atoms with van der Waals surface area (Å²) in [5.74, 6) is -0.531. The number of hydrogen-bond donors (Lipinski definition) is 0. The van der Waals surface area contributed by atoms with Crippen LogP contribution in [0.25, 0.3) is 0 Å². The Morgan fingerprint density at radius 3 is 2.83 bits per heavy atom. The van der Waals surface area contributed by atoms with E-state index in [9.17, 15) is 4.79 Å². The van der Waals surface area contributed by atoms with Crippen LogP contribution >= 0.6 is 34.5 Å². The number of amides is 1. The lowest BCUT2D eigenvalue weighted by molar-refractivity contribution is -0.116. The monoisotopic (exact) mass is 224 g/mol. The minimum atomic E-state index is -1.08. The Hall–Kier alpha value is -0.320. The quantitative estimate of drug-likeness (QED) is 0.663. The molecule has 1 amide bonds. The predicted octanol–water partition coefficient (Wildman–Crippen LogP) is 1.32. The van der Waals surface area contributed by atoms with E-state index in [2.05, 4.69) is 4.99 Å². The Balaban J connectivity index is 2.98. The Kier molecular flexibility index (Phi) is 3.31. The van der Waals surface area contributed by atoms with Gasteiger partial charge >= 0.3 is 0 Å². The molecule has 0 bridgehead atoms. The zero-order chi connectivity index (χ0) is 9.14. The van der Waals surface area contributed by atoms with Crippen molar-refractivity contribution in [1.82, 2.24) is 4.57 Å². The van der Waals surface area contributed by atoms with Gasteiger partial charge in [0.15, 0.2) is 9.64 Å². The van der Waals surface area contributed by atoms with Crippen molar-refractivity contribution in [3.63, 3.8) is 0 Å².